The van der Waals surface area contributed by atoms with E-state index < -0.39 is 0 Å². The fourth-order valence-electron chi connectivity index (χ4n) is 1.66. The normalized spacial score (nSPS) is 25.7. The van der Waals surface area contributed by atoms with E-state index in [1.807, 2.05) is 32.1 Å². The largest absolute Gasteiger partial charge is 0.299 e. The average molecular weight is 164 g/mol. The average Bonchev–Trinajstić information content (AvgIpc) is 2.47. The Morgan fingerprint density at radius 3 is 2.83 bits per heavy atom. The van der Waals surface area contributed by atoms with Crippen LogP contribution in [0.2, 0.25) is 0 Å². The Labute approximate surface area is 74.2 Å². The lowest BCUT2D eigenvalue weighted by atomic mass is 9.98. The first kappa shape index (κ1) is 9.24. The van der Waals surface area contributed by atoms with Crippen LogP contribution in [0.3, 0.4) is 0 Å². The quantitative estimate of drug-likeness (QED) is 0.573. The van der Waals surface area contributed by atoms with E-state index in [4.69, 9.17) is 0 Å². The van der Waals surface area contributed by atoms with Crippen molar-refractivity contribution in [3.63, 3.8) is 0 Å². The first-order valence-electron chi connectivity index (χ1n) is 4.58. The molecule has 0 N–H and O–H groups in total. The van der Waals surface area contributed by atoms with E-state index in [9.17, 15) is 4.79 Å². The number of hydrogen-bond acceptors (Lipinski definition) is 1. The van der Waals surface area contributed by atoms with Gasteiger partial charge < -0.3 is 0 Å². The second-order valence-corrected chi connectivity index (χ2v) is 3.35. The van der Waals surface area contributed by atoms with Crippen molar-refractivity contribution in [2.45, 2.75) is 33.1 Å². The number of ketones is 1. The summed E-state index contributed by atoms with van der Waals surface area (Å²) in [5, 5.41) is 0. The van der Waals surface area contributed by atoms with Crippen molar-refractivity contribution < 1.29 is 4.79 Å². The van der Waals surface area contributed by atoms with Gasteiger partial charge in [-0.2, -0.15) is 0 Å². The molecule has 0 aromatic heterocycles. The summed E-state index contributed by atoms with van der Waals surface area (Å²) in [7, 11) is 0. The van der Waals surface area contributed by atoms with Gasteiger partial charge in [-0.3, -0.25) is 4.79 Å². The van der Waals surface area contributed by atoms with Gasteiger partial charge in [0.05, 0.1) is 0 Å². The summed E-state index contributed by atoms with van der Waals surface area (Å²) in [6, 6.07) is 0. The lowest BCUT2D eigenvalue weighted by Crippen LogP contribution is -2.06. The summed E-state index contributed by atoms with van der Waals surface area (Å²) < 4.78 is 0. The molecule has 0 amide bonds. The van der Waals surface area contributed by atoms with Gasteiger partial charge in [-0.15, -0.1) is 0 Å². The highest BCUT2D eigenvalue weighted by molar-refractivity contribution is 5.85. The highest BCUT2D eigenvalue weighted by Crippen LogP contribution is 2.27. The molecule has 0 radical (unpaired) electrons. The van der Waals surface area contributed by atoms with Crippen LogP contribution >= 0.6 is 0 Å². The van der Waals surface area contributed by atoms with E-state index in [1.165, 1.54) is 5.57 Å². The first-order chi connectivity index (χ1) is 5.75. The molecule has 0 aromatic rings. The van der Waals surface area contributed by atoms with Gasteiger partial charge in [0, 0.05) is 12.3 Å². The van der Waals surface area contributed by atoms with Gasteiger partial charge in [0.2, 0.25) is 0 Å². The van der Waals surface area contributed by atoms with Gasteiger partial charge in [-0.1, -0.05) is 23.8 Å². The Morgan fingerprint density at radius 2 is 2.33 bits per heavy atom. The molecule has 0 aromatic carbocycles. The molecule has 1 fully saturated rings. The van der Waals surface area contributed by atoms with Gasteiger partial charge in [-0.05, 0) is 26.7 Å². The lowest BCUT2D eigenvalue weighted by Gasteiger charge is -2.06. The van der Waals surface area contributed by atoms with Crippen LogP contribution in [0.5, 0.6) is 0 Å². The van der Waals surface area contributed by atoms with Crippen LogP contribution in [0.25, 0.3) is 0 Å². The monoisotopic (exact) mass is 164 g/mol. The molecule has 1 saturated carbocycles. The van der Waals surface area contributed by atoms with Crippen LogP contribution in [0.1, 0.15) is 33.1 Å². The third kappa shape index (κ3) is 2.07. The molecular weight excluding hydrogens is 148 g/mol. The SMILES string of the molecule is C/C=C/C=C(\C)C1CCCC1=O. The molecule has 0 bridgehead atoms. The highest BCUT2D eigenvalue weighted by atomic mass is 16.1. The highest BCUT2D eigenvalue weighted by Gasteiger charge is 2.24. The predicted molar refractivity (Wildman–Crippen MR) is 50.9 cm³/mol. The minimum atomic E-state index is 0.223. The van der Waals surface area contributed by atoms with Crippen LogP contribution in [-0.4, -0.2) is 5.78 Å². The maximum absolute atomic E-state index is 11.3. The van der Waals surface area contributed by atoms with E-state index in [0.29, 0.717) is 5.78 Å². The molecule has 1 nitrogen and oxygen atoms in total. The first-order valence-corrected chi connectivity index (χ1v) is 4.58. The van der Waals surface area contributed by atoms with Gasteiger partial charge >= 0.3 is 0 Å². The molecule has 0 heterocycles. The van der Waals surface area contributed by atoms with Crippen molar-refractivity contribution in [3.05, 3.63) is 23.8 Å². The fourth-order valence-corrected chi connectivity index (χ4v) is 1.66. The number of carbonyl (C=O) groups is 1. The molecule has 0 saturated heterocycles. The Kier molecular flexibility index (Phi) is 3.27. The summed E-state index contributed by atoms with van der Waals surface area (Å²) in [4.78, 5) is 11.3. The van der Waals surface area contributed by atoms with Gasteiger partial charge in [0.25, 0.3) is 0 Å². The standard InChI is InChI=1S/C11H16O/c1-3-4-6-9(2)10-7-5-8-11(10)12/h3-4,6,10H,5,7-8H2,1-2H3/b4-3+,9-6+. The molecule has 1 rings (SSSR count). The number of carbonyl (C=O) groups excluding carboxylic acids is 1. The van der Waals surface area contributed by atoms with Crippen molar-refractivity contribution in [1.82, 2.24) is 0 Å². The molecule has 66 valence electrons. The summed E-state index contributed by atoms with van der Waals surface area (Å²) >= 11 is 0. The van der Waals surface area contributed by atoms with Crippen LogP contribution in [-0.2, 0) is 4.79 Å². The molecule has 12 heavy (non-hydrogen) atoms. The number of hydrogen-bond donors (Lipinski definition) is 0. The molecule has 1 unspecified atom stereocenters. The molecule has 0 aliphatic heterocycles. The lowest BCUT2D eigenvalue weighted by molar-refractivity contribution is -0.119. The zero-order chi connectivity index (χ0) is 8.97. The second kappa shape index (κ2) is 4.24. The predicted octanol–water partition coefficient (Wildman–Crippen LogP) is 2.88. The van der Waals surface area contributed by atoms with Gasteiger partial charge in [-0.25, -0.2) is 0 Å². The Bertz CT molecular complexity index is 223. The van der Waals surface area contributed by atoms with Gasteiger partial charge in [0.1, 0.15) is 5.78 Å². The molecule has 1 aliphatic rings. The van der Waals surface area contributed by atoms with Crippen LogP contribution < -0.4 is 0 Å². The number of rotatable bonds is 2. The maximum Gasteiger partial charge on any atom is 0.139 e. The van der Waals surface area contributed by atoms with E-state index in [-0.39, 0.29) is 5.92 Å². The van der Waals surface area contributed by atoms with Crippen molar-refractivity contribution in [1.29, 1.82) is 0 Å². The summed E-state index contributed by atoms with van der Waals surface area (Å²) in [6.45, 7) is 4.04. The maximum atomic E-state index is 11.3. The van der Waals surface area contributed by atoms with Crippen molar-refractivity contribution in [2.75, 3.05) is 0 Å². The third-order valence-electron chi connectivity index (χ3n) is 2.41. The van der Waals surface area contributed by atoms with E-state index in [1.54, 1.807) is 0 Å². The number of Topliss-reactive ketones (excluding diaryl/α,β-unsaturated/α-hetero) is 1. The zero-order valence-corrected chi connectivity index (χ0v) is 7.84. The Hall–Kier alpha value is -0.850. The van der Waals surface area contributed by atoms with Crippen LogP contribution in [0.4, 0.5) is 0 Å². The van der Waals surface area contributed by atoms with Crippen LogP contribution in [0.15, 0.2) is 23.8 Å². The molecular formula is C11H16O. The molecule has 1 aliphatic carbocycles. The number of allylic oxidation sites excluding steroid dienone is 4. The topological polar surface area (TPSA) is 17.1 Å². The fraction of sp³-hybridized carbons (Fsp3) is 0.545. The van der Waals surface area contributed by atoms with Crippen LogP contribution in [0, 0.1) is 5.92 Å². The zero-order valence-electron chi connectivity index (χ0n) is 7.84. The minimum Gasteiger partial charge on any atom is -0.299 e. The second-order valence-electron chi connectivity index (χ2n) is 3.35. The van der Waals surface area contributed by atoms with Crippen molar-refractivity contribution >= 4 is 5.78 Å². The van der Waals surface area contributed by atoms with Crippen molar-refractivity contribution in [2.24, 2.45) is 5.92 Å². The summed E-state index contributed by atoms with van der Waals surface area (Å²) in [6.07, 6.45) is 8.95. The van der Waals surface area contributed by atoms with E-state index in [2.05, 4.69) is 0 Å². The van der Waals surface area contributed by atoms with Gasteiger partial charge in [0.15, 0.2) is 0 Å². The summed E-state index contributed by atoms with van der Waals surface area (Å²) in [5.74, 6) is 0.648. The molecule has 1 heteroatoms. The van der Waals surface area contributed by atoms with E-state index in [0.717, 1.165) is 19.3 Å². The Morgan fingerprint density at radius 1 is 1.58 bits per heavy atom. The third-order valence-corrected chi connectivity index (χ3v) is 2.41. The Balaban J connectivity index is 2.62. The van der Waals surface area contributed by atoms with Crippen molar-refractivity contribution in [3.8, 4) is 0 Å². The molecule has 1 atom stereocenters. The molecule has 0 spiro atoms. The van der Waals surface area contributed by atoms with E-state index >= 15 is 0 Å². The smallest absolute Gasteiger partial charge is 0.139 e. The minimum absolute atomic E-state index is 0.223. The summed E-state index contributed by atoms with van der Waals surface area (Å²) in [5.41, 5.74) is 1.22.